The van der Waals surface area contributed by atoms with Gasteiger partial charge in [0.15, 0.2) is 0 Å². The summed E-state index contributed by atoms with van der Waals surface area (Å²) in [7, 11) is 0. The highest BCUT2D eigenvalue weighted by molar-refractivity contribution is 7.14. The molecule has 0 aromatic carbocycles. The molecule has 0 aliphatic rings. The van der Waals surface area contributed by atoms with Crippen LogP contribution in [0.4, 0.5) is 8.78 Å². The molecule has 1 aromatic rings. The molecule has 1 aromatic heterocycles. The Labute approximate surface area is 113 Å². The van der Waals surface area contributed by atoms with Crippen LogP contribution in [0.3, 0.4) is 0 Å². The van der Waals surface area contributed by atoms with E-state index < -0.39 is 18.9 Å². The molecule has 0 radical (unpaired) electrons. The number of alkyl halides is 2. The van der Waals surface area contributed by atoms with Crippen LogP contribution in [0, 0.1) is 11.8 Å². The van der Waals surface area contributed by atoms with E-state index >= 15 is 0 Å². The zero-order chi connectivity index (χ0) is 14.3. The molecule has 0 aliphatic carbocycles. The lowest BCUT2D eigenvalue weighted by atomic mass is 10.3. The lowest BCUT2D eigenvalue weighted by molar-refractivity contribution is 0.0513. The highest BCUT2D eigenvalue weighted by Crippen LogP contribution is 2.18. The van der Waals surface area contributed by atoms with Crippen LogP contribution in [0.1, 0.15) is 14.5 Å². The molecule has 0 saturated carbocycles. The molecular formula is C12H14F2N2O2S. The molecule has 1 heterocycles. The number of amides is 1. The van der Waals surface area contributed by atoms with Crippen molar-refractivity contribution in [1.29, 1.82) is 0 Å². The first-order valence-corrected chi connectivity index (χ1v) is 6.37. The second-order valence-electron chi connectivity index (χ2n) is 3.54. The number of hydrogen-bond donors (Lipinski definition) is 2. The van der Waals surface area contributed by atoms with Crippen molar-refractivity contribution in [2.45, 2.75) is 6.43 Å². The van der Waals surface area contributed by atoms with Gasteiger partial charge in [-0.05, 0) is 12.1 Å². The Morgan fingerprint density at radius 2 is 2.26 bits per heavy atom. The summed E-state index contributed by atoms with van der Waals surface area (Å²) >= 11 is 1.12. The number of hydrogen-bond acceptors (Lipinski definition) is 4. The molecule has 0 fully saturated rings. The number of halogens is 2. The number of aliphatic hydroxyl groups is 1. The average molecular weight is 288 g/mol. The van der Waals surface area contributed by atoms with E-state index in [1.54, 1.807) is 6.07 Å². The van der Waals surface area contributed by atoms with Crippen LogP contribution < -0.4 is 5.73 Å². The monoisotopic (exact) mass is 288 g/mol. The van der Waals surface area contributed by atoms with Crippen LogP contribution in [-0.2, 0) is 0 Å². The lowest BCUT2D eigenvalue weighted by Gasteiger charge is -2.20. The molecule has 7 heteroatoms. The van der Waals surface area contributed by atoms with Gasteiger partial charge in [-0.3, -0.25) is 4.79 Å². The number of nitrogens with two attached hydrogens (primary N) is 1. The summed E-state index contributed by atoms with van der Waals surface area (Å²) in [6.45, 7) is -0.959. The number of carbonyl (C=O) groups excluding carboxylic acids is 1. The van der Waals surface area contributed by atoms with E-state index in [-0.39, 0.29) is 19.7 Å². The SMILES string of the molecule is NCC#Cc1ccc(C(=O)N(CCO)CC(F)F)s1. The maximum Gasteiger partial charge on any atom is 0.264 e. The van der Waals surface area contributed by atoms with Crippen molar-refractivity contribution in [3.63, 3.8) is 0 Å². The first-order valence-electron chi connectivity index (χ1n) is 5.55. The van der Waals surface area contributed by atoms with Crippen LogP contribution in [0.5, 0.6) is 0 Å². The smallest absolute Gasteiger partial charge is 0.264 e. The minimum atomic E-state index is -2.63. The highest BCUT2D eigenvalue weighted by Gasteiger charge is 2.20. The first-order chi connectivity index (χ1) is 9.08. The van der Waals surface area contributed by atoms with Gasteiger partial charge < -0.3 is 15.7 Å². The van der Waals surface area contributed by atoms with Gasteiger partial charge in [-0.1, -0.05) is 11.8 Å². The van der Waals surface area contributed by atoms with Gasteiger partial charge in [0.2, 0.25) is 0 Å². The second kappa shape index (κ2) is 7.84. The van der Waals surface area contributed by atoms with Crippen LogP contribution in [0.2, 0.25) is 0 Å². The average Bonchev–Trinajstić information content (AvgIpc) is 2.83. The Balaban J connectivity index is 2.81. The summed E-state index contributed by atoms with van der Waals surface area (Å²) in [6, 6.07) is 3.17. The molecule has 104 valence electrons. The van der Waals surface area contributed by atoms with Crippen molar-refractivity contribution < 1.29 is 18.7 Å². The van der Waals surface area contributed by atoms with Crippen molar-refractivity contribution in [3.05, 3.63) is 21.9 Å². The normalized spacial score (nSPS) is 10.2. The van der Waals surface area contributed by atoms with Gasteiger partial charge in [-0.25, -0.2) is 8.78 Å². The summed E-state index contributed by atoms with van der Waals surface area (Å²) in [5.41, 5.74) is 5.23. The highest BCUT2D eigenvalue weighted by atomic mass is 32.1. The van der Waals surface area contributed by atoms with Crippen LogP contribution in [0.25, 0.3) is 0 Å². The second-order valence-corrected chi connectivity index (χ2v) is 4.62. The van der Waals surface area contributed by atoms with E-state index in [4.69, 9.17) is 10.8 Å². The Hall–Kier alpha value is -1.49. The van der Waals surface area contributed by atoms with Crippen LogP contribution >= 0.6 is 11.3 Å². The Kier molecular flexibility index (Phi) is 6.42. The van der Waals surface area contributed by atoms with Crippen LogP contribution in [-0.4, -0.2) is 48.6 Å². The van der Waals surface area contributed by atoms with Crippen molar-refractivity contribution in [3.8, 4) is 11.8 Å². The molecule has 0 saturated heterocycles. The molecule has 0 unspecified atom stereocenters. The molecule has 0 aliphatic heterocycles. The standard InChI is InChI=1S/C12H14F2N2O2S/c13-11(14)8-16(6-7-17)12(18)10-4-3-9(19-10)2-1-5-15/h3-4,11,17H,5-8,15H2. The van der Waals surface area contributed by atoms with Crippen molar-refractivity contribution in [2.24, 2.45) is 5.73 Å². The van der Waals surface area contributed by atoms with E-state index in [9.17, 15) is 13.6 Å². The third-order valence-corrected chi connectivity index (χ3v) is 3.13. The Morgan fingerprint density at radius 3 is 2.84 bits per heavy atom. The topological polar surface area (TPSA) is 66.6 Å². The molecule has 3 N–H and O–H groups in total. The van der Waals surface area contributed by atoms with Crippen molar-refractivity contribution in [2.75, 3.05) is 26.2 Å². The molecule has 1 amide bonds. The van der Waals surface area contributed by atoms with Gasteiger partial charge in [0.05, 0.1) is 29.5 Å². The molecule has 1 rings (SSSR count). The van der Waals surface area contributed by atoms with Crippen molar-refractivity contribution in [1.82, 2.24) is 4.90 Å². The number of carbonyl (C=O) groups is 1. The maximum absolute atomic E-state index is 12.3. The lowest BCUT2D eigenvalue weighted by Crippen LogP contribution is -2.36. The van der Waals surface area contributed by atoms with Gasteiger partial charge in [0, 0.05) is 6.54 Å². The van der Waals surface area contributed by atoms with Gasteiger partial charge in [0.25, 0.3) is 12.3 Å². The predicted octanol–water partition coefficient (Wildman–Crippen LogP) is 0.758. The summed E-state index contributed by atoms with van der Waals surface area (Å²) in [5.74, 6) is 4.89. The minimum Gasteiger partial charge on any atom is -0.395 e. The Morgan fingerprint density at radius 1 is 1.53 bits per heavy atom. The van der Waals surface area contributed by atoms with Gasteiger partial charge >= 0.3 is 0 Å². The van der Waals surface area contributed by atoms with E-state index in [1.165, 1.54) is 6.07 Å². The fourth-order valence-electron chi connectivity index (χ4n) is 1.38. The maximum atomic E-state index is 12.3. The molecule has 0 spiro atoms. The number of thiophene rings is 1. The fraction of sp³-hybridized carbons (Fsp3) is 0.417. The summed E-state index contributed by atoms with van der Waals surface area (Å²) < 4.78 is 24.7. The third kappa shape index (κ3) is 4.95. The van der Waals surface area contributed by atoms with E-state index in [1.807, 2.05) is 0 Å². The van der Waals surface area contributed by atoms with Gasteiger partial charge in [0.1, 0.15) is 0 Å². The first kappa shape index (κ1) is 15.6. The fourth-order valence-corrected chi connectivity index (χ4v) is 2.23. The molecule has 19 heavy (non-hydrogen) atoms. The summed E-state index contributed by atoms with van der Waals surface area (Å²) in [5, 5.41) is 8.80. The van der Waals surface area contributed by atoms with E-state index in [0.29, 0.717) is 9.75 Å². The van der Waals surface area contributed by atoms with Crippen LogP contribution in [0.15, 0.2) is 12.1 Å². The predicted molar refractivity (Wildman–Crippen MR) is 69.2 cm³/mol. The zero-order valence-corrected chi connectivity index (χ0v) is 10.9. The Bertz CT molecular complexity index is 480. The van der Waals surface area contributed by atoms with Crippen molar-refractivity contribution >= 4 is 17.2 Å². The molecule has 0 atom stereocenters. The molecule has 0 bridgehead atoms. The number of nitrogens with zero attached hydrogens (tertiary/aromatic N) is 1. The third-order valence-electron chi connectivity index (χ3n) is 2.15. The summed E-state index contributed by atoms with van der Waals surface area (Å²) in [6.07, 6.45) is -2.63. The summed E-state index contributed by atoms with van der Waals surface area (Å²) in [4.78, 5) is 13.9. The zero-order valence-electron chi connectivity index (χ0n) is 10.1. The van der Waals surface area contributed by atoms with Gasteiger partial charge in [-0.2, -0.15) is 0 Å². The minimum absolute atomic E-state index is 0.120. The van der Waals surface area contributed by atoms with E-state index in [0.717, 1.165) is 16.2 Å². The van der Waals surface area contributed by atoms with E-state index in [2.05, 4.69) is 11.8 Å². The quantitative estimate of drug-likeness (QED) is 0.786. The van der Waals surface area contributed by atoms with Gasteiger partial charge in [-0.15, -0.1) is 11.3 Å². The molecular weight excluding hydrogens is 274 g/mol. The number of aliphatic hydroxyl groups excluding tert-OH is 1. The molecule has 4 nitrogen and oxygen atoms in total. The largest absolute Gasteiger partial charge is 0.395 e. The number of rotatable bonds is 5.